The molecule has 0 spiro atoms. The Morgan fingerprint density at radius 2 is 0.632 bits per heavy atom. The van der Waals surface area contributed by atoms with Crippen LogP contribution in [-0.2, 0) is 75.0 Å². The number of carbonyl (C=O) groups is 6. The van der Waals surface area contributed by atoms with Crippen LogP contribution in [0.1, 0.15) is 64.2 Å². The van der Waals surface area contributed by atoms with Crippen LogP contribution in [0.15, 0.2) is 135 Å². The van der Waals surface area contributed by atoms with Gasteiger partial charge in [0.15, 0.2) is 0 Å². The minimum absolute atomic E-state index is 0. The van der Waals surface area contributed by atoms with Crippen LogP contribution >= 0.6 is 0 Å². The van der Waals surface area contributed by atoms with Gasteiger partial charge in [0, 0.05) is 100 Å². The van der Waals surface area contributed by atoms with E-state index in [1.54, 1.807) is 77.2 Å². The van der Waals surface area contributed by atoms with E-state index in [-0.39, 0.29) is 87.6 Å². The first-order chi connectivity index (χ1) is 31.5. The summed E-state index contributed by atoms with van der Waals surface area (Å²) in [5, 5.41) is 74.7. The van der Waals surface area contributed by atoms with Crippen LogP contribution in [0.2, 0.25) is 0 Å². The van der Waals surface area contributed by atoms with E-state index < -0.39 is 23.9 Å². The maximum absolute atomic E-state index is 10.2. The topological polar surface area (TPSA) is 359 Å². The van der Waals surface area contributed by atoms with Crippen molar-refractivity contribution in [2.45, 2.75) is 26.4 Å². The number of rotatable bonds is 10. The molecule has 2 amide bonds. The zero-order valence-corrected chi connectivity index (χ0v) is 43.5. The molecule has 0 bridgehead atoms. The predicted molar refractivity (Wildman–Crippen MR) is 226 cm³/mol. The number of pyridine rings is 6. The van der Waals surface area contributed by atoms with Crippen LogP contribution < -0.4 is 20.4 Å². The monoisotopic (exact) mass is 1040 g/mol. The van der Waals surface area contributed by atoms with E-state index in [1.165, 1.54) is 9.80 Å². The average Bonchev–Trinajstić information content (AvgIpc) is 3.36. The Kier molecular flexibility index (Phi) is 43.3. The van der Waals surface area contributed by atoms with Gasteiger partial charge >= 0.3 is 39.0 Å². The number of carbonyl (C=O) groups excluding carboxylic acids is 6. The molecule has 0 aromatic carbocycles. The molecule has 0 aliphatic carbocycles. The van der Waals surface area contributed by atoms with Gasteiger partial charge in [0.05, 0.1) is 73.1 Å². The van der Waals surface area contributed by atoms with Gasteiger partial charge in [-0.1, -0.05) is 24.3 Å². The third kappa shape index (κ3) is 37.1. The van der Waals surface area contributed by atoms with Crippen molar-refractivity contribution in [3.8, 4) is 0 Å². The Hall–Kier alpha value is -7.19. The third-order valence-corrected chi connectivity index (χ3v) is 6.39. The molecule has 0 unspecified atom stereocenters. The summed E-state index contributed by atoms with van der Waals surface area (Å²) in [4.78, 5) is 84.8. The number of aliphatic hydroxyl groups is 4. The van der Waals surface area contributed by atoms with Gasteiger partial charge in [-0.25, -0.2) is 0 Å². The summed E-state index contributed by atoms with van der Waals surface area (Å²) >= 11 is 0. The third-order valence-electron chi connectivity index (χ3n) is 6.39. The number of hydrogen-bond donors (Lipinski definition) is 4. The summed E-state index contributed by atoms with van der Waals surface area (Å²) in [6.45, 7) is 0.114. The number of nitrogens with zero attached hydrogens (tertiary/aromatic N) is 8. The van der Waals surface area contributed by atoms with Crippen molar-refractivity contribution < 1.29 is 109 Å². The predicted octanol–water partition coefficient (Wildman–Crippen LogP) is -2.68. The van der Waals surface area contributed by atoms with Crippen molar-refractivity contribution in [3.05, 3.63) is 180 Å². The SMILES string of the molecule is CN(C)C=O.CN(C)C=O.O=C([O-])c1cncc(C(=O)[O-])c1.O=C([O-])c1cncc(C(=O)[O-])c1.OCc1ccccn1.OCc1ccccn1.OCc1ccccn1.OCc1ccccn1.[Zn+2].[Zn+2]. The molecule has 6 aromatic heterocycles. The minimum Gasteiger partial charge on any atom is -0.545 e. The molecule has 0 saturated heterocycles. The number of hydrogen-bond acceptors (Lipinski definition) is 20. The zero-order chi connectivity index (χ0) is 50.1. The summed E-state index contributed by atoms with van der Waals surface area (Å²) in [7, 11) is 6.75. The summed E-state index contributed by atoms with van der Waals surface area (Å²) in [6.07, 6.45) is 12.1. The molecule has 0 aliphatic rings. The quantitative estimate of drug-likeness (QED) is 0.0802. The van der Waals surface area contributed by atoms with Crippen LogP contribution in [0, 0.1) is 0 Å². The van der Waals surface area contributed by atoms with Gasteiger partial charge in [0.25, 0.3) is 0 Å². The molecule has 6 aromatic rings. The second-order valence-corrected chi connectivity index (χ2v) is 12.1. The molecule has 4 N–H and O–H groups in total. The van der Waals surface area contributed by atoms with Gasteiger partial charge in [-0.3, -0.25) is 39.5 Å². The Labute approximate surface area is 417 Å². The summed E-state index contributed by atoms with van der Waals surface area (Å²) < 4.78 is 0. The first-order valence-electron chi connectivity index (χ1n) is 18.5. The molecule has 0 fully saturated rings. The maximum Gasteiger partial charge on any atom is 2.00 e. The van der Waals surface area contributed by atoms with E-state index in [2.05, 4.69) is 29.9 Å². The van der Waals surface area contributed by atoms with Crippen molar-refractivity contribution in [3.63, 3.8) is 0 Å². The summed E-state index contributed by atoms with van der Waals surface area (Å²) in [6, 6.07) is 23.6. The minimum atomic E-state index is -1.47. The number of aromatic carboxylic acids is 4. The Bertz CT molecular complexity index is 1940. The molecule has 6 heterocycles. The van der Waals surface area contributed by atoms with Gasteiger partial charge in [-0.15, -0.1) is 0 Å². The molecular formula is C44H48N8O14Zn2. The molecular weight excluding hydrogens is 995 g/mol. The number of amides is 2. The van der Waals surface area contributed by atoms with Crippen molar-refractivity contribution in [1.29, 1.82) is 0 Å². The number of carboxylic acid groups (broad SMARTS) is 4. The number of aromatic nitrogens is 6. The Morgan fingerprint density at radius 3 is 0.735 bits per heavy atom. The molecule has 0 atom stereocenters. The number of aliphatic hydroxyl groups excluding tert-OH is 4. The number of carboxylic acids is 4. The van der Waals surface area contributed by atoms with Gasteiger partial charge in [0.2, 0.25) is 12.8 Å². The molecule has 0 saturated carbocycles. The largest absolute Gasteiger partial charge is 2.00 e. The molecule has 6 rings (SSSR count). The fourth-order valence-electron chi connectivity index (χ4n) is 3.29. The molecule has 24 heteroatoms. The summed E-state index contributed by atoms with van der Waals surface area (Å²) in [5.41, 5.74) is 1.74. The fraction of sp³-hybridized carbons (Fsp3) is 0.182. The van der Waals surface area contributed by atoms with E-state index in [0.717, 1.165) is 49.7 Å². The molecule has 0 aliphatic heterocycles. The maximum atomic E-state index is 10.2. The van der Waals surface area contributed by atoms with Gasteiger partial charge in [0.1, 0.15) is 0 Å². The van der Waals surface area contributed by atoms with Crippen LogP contribution in [0.25, 0.3) is 0 Å². The Morgan fingerprint density at radius 1 is 0.441 bits per heavy atom. The van der Waals surface area contributed by atoms with Gasteiger partial charge in [-0.2, -0.15) is 0 Å². The van der Waals surface area contributed by atoms with Crippen molar-refractivity contribution in [2.75, 3.05) is 28.2 Å². The normalized spacial score (nSPS) is 8.59. The van der Waals surface area contributed by atoms with E-state index >= 15 is 0 Å². The Balaban J connectivity index is -0.000000348. The molecule has 352 valence electrons. The smallest absolute Gasteiger partial charge is 0.545 e. The van der Waals surface area contributed by atoms with Crippen molar-refractivity contribution in [2.24, 2.45) is 0 Å². The van der Waals surface area contributed by atoms with Gasteiger partial charge < -0.3 is 69.8 Å². The van der Waals surface area contributed by atoms with Crippen LogP contribution in [0.4, 0.5) is 0 Å². The van der Waals surface area contributed by atoms with Crippen molar-refractivity contribution >= 4 is 36.7 Å². The summed E-state index contributed by atoms with van der Waals surface area (Å²) in [5.74, 6) is -5.87. The van der Waals surface area contributed by atoms with Gasteiger partial charge in [-0.05, 0) is 60.7 Å². The van der Waals surface area contributed by atoms with Crippen molar-refractivity contribution in [1.82, 2.24) is 39.7 Å². The van der Waals surface area contributed by atoms with E-state index in [1.807, 2.05) is 48.5 Å². The fourth-order valence-corrected chi connectivity index (χ4v) is 3.29. The van der Waals surface area contributed by atoms with Crippen LogP contribution in [0.5, 0.6) is 0 Å². The second-order valence-electron chi connectivity index (χ2n) is 12.1. The molecule has 22 nitrogen and oxygen atoms in total. The molecule has 0 radical (unpaired) electrons. The van der Waals surface area contributed by atoms with E-state index in [0.29, 0.717) is 22.8 Å². The van der Waals surface area contributed by atoms with E-state index in [9.17, 15) is 49.2 Å². The second kappa shape index (κ2) is 43.7. The van der Waals surface area contributed by atoms with Crippen LogP contribution in [-0.4, -0.2) is 125 Å². The molecule has 68 heavy (non-hydrogen) atoms. The average molecular weight is 1040 g/mol. The van der Waals surface area contributed by atoms with Crippen LogP contribution in [0.3, 0.4) is 0 Å². The standard InChI is InChI=1S/2C7H5NO4.4C6H7NO.2C3H7NO.2Zn/c2*9-6(10)4-1-5(7(11)12)3-8-2-4;4*8-5-6-3-1-2-4-7-6;2*1-4(2)3-5;;/h2*1-3H,(H,9,10)(H,11,12);4*1-4,8H,5H2;2*3H,1-2H3;;/q;;;;;;;;2*+2/p-4. The first-order valence-corrected chi connectivity index (χ1v) is 18.5. The zero-order valence-electron chi connectivity index (χ0n) is 37.5. The first kappa shape index (κ1) is 67.4. The van der Waals surface area contributed by atoms with E-state index in [4.69, 9.17) is 20.4 Å².